The zero-order valence-corrected chi connectivity index (χ0v) is 27.8. The third kappa shape index (κ3) is 10.5. The van der Waals surface area contributed by atoms with Crippen molar-refractivity contribution in [3.8, 4) is 22.6 Å². The van der Waals surface area contributed by atoms with Crippen LogP contribution in [-0.2, 0) is 12.4 Å². The number of nitrogens with one attached hydrogen (secondary N) is 4. The Morgan fingerprint density at radius 2 is 0.960 bits per heavy atom. The summed E-state index contributed by atoms with van der Waals surface area (Å²) in [6.07, 6.45) is -3.68. The molecule has 0 aliphatic rings. The normalized spacial score (nSPS) is 11.6. The van der Waals surface area contributed by atoms with Crippen molar-refractivity contribution in [2.75, 3.05) is 23.8 Å². The van der Waals surface area contributed by atoms with Gasteiger partial charge in [-0.1, -0.05) is 51.7 Å². The molecule has 4 aromatic carbocycles. The summed E-state index contributed by atoms with van der Waals surface area (Å²) in [5.74, 6) is 0.599. The van der Waals surface area contributed by atoms with Gasteiger partial charge in [-0.2, -0.15) is 26.3 Å². The maximum Gasteiger partial charge on any atom is 0.416 e. The van der Waals surface area contributed by atoms with Crippen molar-refractivity contribution < 1.29 is 35.8 Å². The lowest BCUT2D eigenvalue weighted by Crippen LogP contribution is -2.14. The fourth-order valence-electron chi connectivity index (χ4n) is 5.09. The first kappa shape index (κ1) is 37.8. The van der Waals surface area contributed by atoms with E-state index in [4.69, 9.17) is 20.3 Å². The van der Waals surface area contributed by atoms with Crippen LogP contribution < -0.4 is 20.1 Å². The van der Waals surface area contributed by atoms with Crippen molar-refractivity contribution in [2.45, 2.75) is 64.7 Å². The second-order valence-electron chi connectivity index (χ2n) is 11.7. The number of hydrogen-bond donors (Lipinski definition) is 4. The Morgan fingerprint density at radius 1 is 0.560 bits per heavy atom. The number of halogens is 6. The third-order valence-electron chi connectivity index (χ3n) is 7.76. The van der Waals surface area contributed by atoms with Crippen molar-refractivity contribution in [1.82, 2.24) is 0 Å². The van der Waals surface area contributed by atoms with Crippen LogP contribution in [-0.4, -0.2) is 24.9 Å². The first-order chi connectivity index (χ1) is 23.8. The Kier molecular flexibility index (Phi) is 12.9. The molecule has 0 aromatic heterocycles. The molecule has 50 heavy (non-hydrogen) atoms. The average molecular weight is 699 g/mol. The summed E-state index contributed by atoms with van der Waals surface area (Å²) < 4.78 is 92.4. The fourth-order valence-corrected chi connectivity index (χ4v) is 5.09. The van der Waals surface area contributed by atoms with Crippen molar-refractivity contribution in [1.29, 1.82) is 10.8 Å². The van der Waals surface area contributed by atoms with Gasteiger partial charge >= 0.3 is 12.4 Å². The topological polar surface area (TPSA) is 90.2 Å². The summed E-state index contributed by atoms with van der Waals surface area (Å²) in [4.78, 5) is 0. The van der Waals surface area contributed by atoms with Gasteiger partial charge in [-0.05, 0) is 85.6 Å². The lowest BCUT2D eigenvalue weighted by Gasteiger charge is -2.19. The van der Waals surface area contributed by atoms with Crippen LogP contribution in [0.5, 0.6) is 11.5 Å². The number of amidine groups is 2. The van der Waals surface area contributed by atoms with E-state index in [1.807, 2.05) is 0 Å². The van der Waals surface area contributed by atoms with Crippen molar-refractivity contribution in [2.24, 2.45) is 0 Å². The minimum Gasteiger partial charge on any atom is -0.493 e. The first-order valence-electron chi connectivity index (χ1n) is 16.4. The number of anilines is 2. The Bertz CT molecular complexity index is 1640. The number of alkyl halides is 6. The minimum absolute atomic E-state index is 0.0855. The molecule has 0 atom stereocenters. The average Bonchev–Trinajstić information content (AvgIpc) is 3.08. The van der Waals surface area contributed by atoms with E-state index in [9.17, 15) is 26.3 Å². The Labute approximate surface area is 287 Å². The van der Waals surface area contributed by atoms with Gasteiger partial charge in [0.1, 0.15) is 23.2 Å². The van der Waals surface area contributed by atoms with E-state index < -0.39 is 23.5 Å². The monoisotopic (exact) mass is 698 g/mol. The molecule has 4 rings (SSSR count). The van der Waals surface area contributed by atoms with E-state index in [-0.39, 0.29) is 23.0 Å². The molecule has 0 aliphatic carbocycles. The van der Waals surface area contributed by atoms with Crippen molar-refractivity contribution in [3.05, 3.63) is 107 Å². The Balaban J connectivity index is 1.75. The van der Waals surface area contributed by atoms with E-state index in [1.165, 1.54) is 24.3 Å². The maximum absolute atomic E-state index is 13.3. The molecule has 266 valence electrons. The van der Waals surface area contributed by atoms with Gasteiger partial charge < -0.3 is 20.1 Å². The van der Waals surface area contributed by atoms with Crippen molar-refractivity contribution >= 4 is 23.0 Å². The summed E-state index contributed by atoms with van der Waals surface area (Å²) in [7, 11) is 0. The summed E-state index contributed by atoms with van der Waals surface area (Å²) in [5.41, 5.74) is 0.173. The van der Waals surface area contributed by atoms with Gasteiger partial charge in [-0.15, -0.1) is 0 Å². The van der Waals surface area contributed by atoms with Gasteiger partial charge in [-0.25, -0.2) is 0 Å². The zero-order chi connectivity index (χ0) is 36.3. The van der Waals surface area contributed by atoms with Gasteiger partial charge in [0.25, 0.3) is 0 Å². The summed E-state index contributed by atoms with van der Waals surface area (Å²) in [5, 5.41) is 23.0. The predicted molar refractivity (Wildman–Crippen MR) is 186 cm³/mol. The lowest BCUT2D eigenvalue weighted by molar-refractivity contribution is -0.138. The maximum atomic E-state index is 13.3. The Morgan fingerprint density at radius 3 is 1.32 bits per heavy atom. The Hall–Kier alpha value is -5.00. The molecule has 0 heterocycles. The molecule has 0 saturated heterocycles. The SMILES string of the molecule is CCCCCOc1ccc(C(=N)Nc2cccc(C(F)(F)F)c2)cc1-c1cc(C(=N)Nc2cccc(C(F)(F)F)c2)ccc1OCCCCC. The highest BCUT2D eigenvalue weighted by atomic mass is 19.4. The largest absolute Gasteiger partial charge is 0.493 e. The standard InChI is InChI=1S/C38H40F6N4O2/c1-3-5-7-19-49-33-17-15-25(35(45)47-29-13-9-11-27(23-29)37(39,40)41)21-31(33)32-22-26(16-18-34(32)50-20-8-6-4-2)36(46)48-30-14-10-12-28(24-30)38(42,43)44/h9-18,21-24H,3-8,19-20H2,1-2H3,(H2,45,47)(H2,46,48). The minimum atomic E-state index is -4.55. The molecule has 0 unspecified atom stereocenters. The highest BCUT2D eigenvalue weighted by Crippen LogP contribution is 2.39. The van der Waals surface area contributed by atoms with Gasteiger partial charge in [0.2, 0.25) is 0 Å². The second-order valence-corrected chi connectivity index (χ2v) is 11.7. The fraction of sp³-hybridized carbons (Fsp3) is 0.316. The molecule has 4 aromatic rings. The van der Waals surface area contributed by atoms with E-state index in [0.29, 0.717) is 47.0 Å². The molecule has 12 heteroatoms. The summed E-state index contributed by atoms with van der Waals surface area (Å²) in [6, 6.07) is 19.1. The highest BCUT2D eigenvalue weighted by molar-refractivity contribution is 6.08. The summed E-state index contributed by atoms with van der Waals surface area (Å²) in [6.45, 7) is 4.94. The number of rotatable bonds is 15. The van der Waals surface area contributed by atoms with E-state index >= 15 is 0 Å². The van der Waals surface area contributed by atoms with Crippen LogP contribution in [0.25, 0.3) is 11.1 Å². The first-order valence-corrected chi connectivity index (χ1v) is 16.4. The molecule has 0 amide bonds. The molecule has 4 N–H and O–H groups in total. The second kappa shape index (κ2) is 17.1. The van der Waals surface area contributed by atoms with Crippen LogP contribution in [0.1, 0.15) is 74.6 Å². The molecule has 0 spiro atoms. The predicted octanol–water partition coefficient (Wildman–Crippen LogP) is 11.4. The number of unbranched alkanes of at least 4 members (excludes halogenated alkanes) is 4. The van der Waals surface area contributed by atoms with Crippen LogP contribution in [0.15, 0.2) is 84.9 Å². The molecule has 6 nitrogen and oxygen atoms in total. The van der Waals surface area contributed by atoms with Crippen LogP contribution >= 0.6 is 0 Å². The van der Waals surface area contributed by atoms with Gasteiger partial charge in [-0.3, -0.25) is 10.8 Å². The smallest absolute Gasteiger partial charge is 0.416 e. The summed E-state index contributed by atoms with van der Waals surface area (Å²) >= 11 is 0. The van der Waals surface area contributed by atoms with Gasteiger partial charge in [0.05, 0.1) is 24.3 Å². The zero-order valence-electron chi connectivity index (χ0n) is 27.8. The van der Waals surface area contributed by atoms with E-state index in [0.717, 1.165) is 62.8 Å². The molecule has 0 saturated carbocycles. The van der Waals surface area contributed by atoms with Crippen molar-refractivity contribution in [3.63, 3.8) is 0 Å². The molecular formula is C38H40F6N4O2. The molecule has 0 aliphatic heterocycles. The van der Waals surface area contributed by atoms with Gasteiger partial charge in [0, 0.05) is 33.6 Å². The number of ether oxygens (including phenoxy) is 2. The third-order valence-corrected chi connectivity index (χ3v) is 7.76. The van der Waals surface area contributed by atoms with Crippen LogP contribution in [0, 0.1) is 10.8 Å². The van der Waals surface area contributed by atoms with E-state index in [2.05, 4.69) is 24.5 Å². The molecule has 0 radical (unpaired) electrons. The van der Waals surface area contributed by atoms with Crippen LogP contribution in [0.2, 0.25) is 0 Å². The van der Waals surface area contributed by atoms with Crippen LogP contribution in [0.4, 0.5) is 37.7 Å². The number of hydrogen-bond acceptors (Lipinski definition) is 4. The van der Waals surface area contributed by atoms with Crippen LogP contribution in [0.3, 0.4) is 0 Å². The molecule has 0 fully saturated rings. The lowest BCUT2D eigenvalue weighted by atomic mass is 9.97. The molecular weight excluding hydrogens is 658 g/mol. The number of benzene rings is 4. The van der Waals surface area contributed by atoms with E-state index in [1.54, 1.807) is 36.4 Å². The molecule has 0 bridgehead atoms. The highest BCUT2D eigenvalue weighted by Gasteiger charge is 2.31. The van der Waals surface area contributed by atoms with Gasteiger partial charge in [0.15, 0.2) is 0 Å². The quantitative estimate of drug-likeness (QED) is 0.0430.